The molecule has 0 aliphatic heterocycles. The molecular formula is C11H17NO4S. The summed E-state index contributed by atoms with van der Waals surface area (Å²) in [6, 6.07) is 6.04. The summed E-state index contributed by atoms with van der Waals surface area (Å²) in [5, 5.41) is 8.12. The molecule has 0 spiro atoms. The number of methoxy groups -OCH3 is 1. The number of nitrogens with two attached hydrogens (primary N) is 1. The number of ether oxygens (including phenoxy) is 1. The van der Waals surface area contributed by atoms with Gasteiger partial charge >= 0.3 is 0 Å². The van der Waals surface area contributed by atoms with Gasteiger partial charge in [0.2, 0.25) is 0 Å². The van der Waals surface area contributed by atoms with Gasteiger partial charge in [-0.05, 0) is 17.7 Å². The molecule has 2 unspecified atom stereocenters. The van der Waals surface area contributed by atoms with Gasteiger partial charge < -0.3 is 15.6 Å². The maximum Gasteiger partial charge on any atom is 0.154 e. The van der Waals surface area contributed by atoms with Crippen LogP contribution in [0.2, 0.25) is 0 Å². The molecule has 0 saturated heterocycles. The first-order valence-electron chi connectivity index (χ1n) is 5.09. The van der Waals surface area contributed by atoms with E-state index >= 15 is 0 Å². The Balaban J connectivity index is 2.98. The highest BCUT2D eigenvalue weighted by Gasteiger charge is 2.28. The second kappa shape index (κ2) is 5.48. The van der Waals surface area contributed by atoms with Gasteiger partial charge in [-0.3, -0.25) is 0 Å². The molecule has 0 amide bonds. The molecule has 0 saturated carbocycles. The maximum atomic E-state index is 11.4. The zero-order valence-corrected chi connectivity index (χ0v) is 10.6. The Morgan fingerprint density at radius 2 is 1.88 bits per heavy atom. The Bertz CT molecular complexity index is 455. The molecule has 1 aromatic rings. The summed E-state index contributed by atoms with van der Waals surface area (Å²) in [6.07, 6.45) is 1.07. The van der Waals surface area contributed by atoms with Crippen molar-refractivity contribution in [2.75, 3.05) is 20.0 Å². The standard InChI is InChI=1S/C11H17NO4S/c1-16-9-5-3-8(4-6-9)11(12)10(7-13)17(2,14)15/h3-6,10-11,13H,7,12H2,1-2H3. The molecule has 3 N–H and O–H groups in total. The number of aliphatic hydroxyl groups is 1. The van der Waals surface area contributed by atoms with Crippen molar-refractivity contribution < 1.29 is 18.3 Å². The molecular weight excluding hydrogens is 242 g/mol. The molecule has 0 aromatic heterocycles. The van der Waals surface area contributed by atoms with Gasteiger partial charge in [-0.2, -0.15) is 0 Å². The van der Waals surface area contributed by atoms with E-state index in [1.807, 2.05) is 0 Å². The molecule has 0 heterocycles. The van der Waals surface area contributed by atoms with E-state index in [4.69, 9.17) is 15.6 Å². The summed E-state index contributed by atoms with van der Waals surface area (Å²) < 4.78 is 27.9. The Hall–Kier alpha value is -1.11. The fourth-order valence-corrected chi connectivity index (χ4v) is 2.52. The third kappa shape index (κ3) is 3.42. The fraction of sp³-hybridized carbons (Fsp3) is 0.455. The van der Waals surface area contributed by atoms with Crippen molar-refractivity contribution >= 4 is 9.84 Å². The van der Waals surface area contributed by atoms with Crippen LogP contribution in [0.25, 0.3) is 0 Å². The summed E-state index contributed by atoms with van der Waals surface area (Å²) in [6.45, 7) is -0.494. The first-order valence-corrected chi connectivity index (χ1v) is 7.05. The topological polar surface area (TPSA) is 89.6 Å². The SMILES string of the molecule is COc1ccc(C(N)C(CO)S(C)(=O)=O)cc1. The van der Waals surface area contributed by atoms with Crippen LogP contribution in [0.3, 0.4) is 0 Å². The van der Waals surface area contributed by atoms with Crippen molar-refractivity contribution in [3.05, 3.63) is 29.8 Å². The van der Waals surface area contributed by atoms with Gasteiger partial charge in [0.25, 0.3) is 0 Å². The average Bonchev–Trinajstić information content (AvgIpc) is 2.28. The van der Waals surface area contributed by atoms with Crippen LogP contribution in [0.4, 0.5) is 0 Å². The van der Waals surface area contributed by atoms with Crippen LogP contribution in [0.5, 0.6) is 5.75 Å². The second-order valence-electron chi connectivity index (χ2n) is 3.85. The molecule has 0 bridgehead atoms. The molecule has 1 aromatic carbocycles. The van der Waals surface area contributed by atoms with Crippen LogP contribution in [0.1, 0.15) is 11.6 Å². The summed E-state index contributed by atoms with van der Waals surface area (Å²) in [4.78, 5) is 0. The number of hydrogen-bond donors (Lipinski definition) is 2. The van der Waals surface area contributed by atoms with Gasteiger partial charge in [0, 0.05) is 12.3 Å². The van der Waals surface area contributed by atoms with Crippen molar-refractivity contribution in [2.24, 2.45) is 5.73 Å². The lowest BCUT2D eigenvalue weighted by Gasteiger charge is -2.20. The molecule has 0 radical (unpaired) electrons. The number of benzene rings is 1. The minimum Gasteiger partial charge on any atom is -0.497 e. The lowest BCUT2D eigenvalue weighted by molar-refractivity contribution is 0.278. The monoisotopic (exact) mass is 259 g/mol. The minimum absolute atomic E-state index is 0.494. The third-order valence-electron chi connectivity index (χ3n) is 2.63. The first-order chi connectivity index (χ1) is 7.90. The van der Waals surface area contributed by atoms with Crippen LogP contribution in [-0.2, 0) is 9.84 Å². The Labute approximate surface area is 101 Å². The van der Waals surface area contributed by atoms with Gasteiger partial charge in [0.1, 0.15) is 11.0 Å². The molecule has 2 atom stereocenters. The van der Waals surface area contributed by atoms with Gasteiger partial charge in [0.05, 0.1) is 13.7 Å². The van der Waals surface area contributed by atoms with E-state index in [-0.39, 0.29) is 0 Å². The highest BCUT2D eigenvalue weighted by molar-refractivity contribution is 7.91. The normalized spacial score (nSPS) is 15.3. The number of sulfone groups is 1. The summed E-state index contributed by atoms with van der Waals surface area (Å²) in [7, 11) is -1.84. The maximum absolute atomic E-state index is 11.4. The molecule has 0 aliphatic rings. The fourth-order valence-electron chi connectivity index (χ4n) is 1.56. The summed E-state index contributed by atoms with van der Waals surface area (Å²) >= 11 is 0. The summed E-state index contributed by atoms with van der Waals surface area (Å²) in [5.74, 6) is 0.667. The van der Waals surface area contributed by atoms with E-state index in [2.05, 4.69) is 0 Å². The number of rotatable bonds is 5. The van der Waals surface area contributed by atoms with Gasteiger partial charge in [-0.1, -0.05) is 12.1 Å². The molecule has 5 nitrogen and oxygen atoms in total. The lowest BCUT2D eigenvalue weighted by atomic mass is 10.0. The molecule has 0 aliphatic carbocycles. The zero-order valence-electron chi connectivity index (χ0n) is 9.83. The quantitative estimate of drug-likeness (QED) is 0.783. The van der Waals surface area contributed by atoms with Crippen LogP contribution in [0.15, 0.2) is 24.3 Å². The van der Waals surface area contributed by atoms with E-state index in [1.165, 1.54) is 0 Å². The minimum atomic E-state index is -3.38. The molecule has 96 valence electrons. The van der Waals surface area contributed by atoms with Crippen molar-refractivity contribution in [1.29, 1.82) is 0 Å². The van der Waals surface area contributed by atoms with Crippen molar-refractivity contribution in [3.63, 3.8) is 0 Å². The van der Waals surface area contributed by atoms with Crippen LogP contribution in [0, 0.1) is 0 Å². The highest BCUT2D eigenvalue weighted by atomic mass is 32.2. The predicted molar refractivity (Wildman–Crippen MR) is 65.6 cm³/mol. The van der Waals surface area contributed by atoms with Crippen molar-refractivity contribution in [1.82, 2.24) is 0 Å². The van der Waals surface area contributed by atoms with Crippen molar-refractivity contribution in [3.8, 4) is 5.75 Å². The molecule has 0 fully saturated rings. The van der Waals surface area contributed by atoms with Gasteiger partial charge in [-0.15, -0.1) is 0 Å². The molecule has 6 heteroatoms. The molecule has 1 rings (SSSR count). The Kier molecular flexibility index (Phi) is 4.50. The number of hydrogen-bond acceptors (Lipinski definition) is 5. The largest absolute Gasteiger partial charge is 0.497 e. The van der Waals surface area contributed by atoms with Gasteiger partial charge in [0.15, 0.2) is 9.84 Å². The second-order valence-corrected chi connectivity index (χ2v) is 6.11. The first kappa shape index (κ1) is 14.0. The van der Waals surface area contributed by atoms with E-state index in [1.54, 1.807) is 31.4 Å². The Morgan fingerprint density at radius 3 is 2.24 bits per heavy atom. The van der Waals surface area contributed by atoms with E-state index < -0.39 is 27.7 Å². The summed E-state index contributed by atoms with van der Waals surface area (Å²) in [5.41, 5.74) is 6.50. The predicted octanol–water partition coefficient (Wildman–Crippen LogP) is 0.100. The Morgan fingerprint density at radius 1 is 1.35 bits per heavy atom. The number of aliphatic hydroxyl groups excluding tert-OH is 1. The van der Waals surface area contributed by atoms with E-state index in [0.717, 1.165) is 6.26 Å². The van der Waals surface area contributed by atoms with E-state index in [9.17, 15) is 8.42 Å². The van der Waals surface area contributed by atoms with Crippen LogP contribution < -0.4 is 10.5 Å². The molecule has 17 heavy (non-hydrogen) atoms. The van der Waals surface area contributed by atoms with E-state index in [0.29, 0.717) is 11.3 Å². The lowest BCUT2D eigenvalue weighted by Crippen LogP contribution is -2.36. The smallest absolute Gasteiger partial charge is 0.154 e. The zero-order chi connectivity index (χ0) is 13.1. The van der Waals surface area contributed by atoms with Gasteiger partial charge in [-0.25, -0.2) is 8.42 Å². The highest BCUT2D eigenvalue weighted by Crippen LogP contribution is 2.21. The van der Waals surface area contributed by atoms with Crippen LogP contribution in [-0.4, -0.2) is 38.7 Å². The average molecular weight is 259 g/mol. The van der Waals surface area contributed by atoms with Crippen LogP contribution >= 0.6 is 0 Å². The third-order valence-corrected chi connectivity index (χ3v) is 4.17. The van der Waals surface area contributed by atoms with Crippen molar-refractivity contribution in [2.45, 2.75) is 11.3 Å².